The number of hydrogen-bond acceptors (Lipinski definition) is 13. The lowest BCUT2D eigenvalue weighted by atomic mass is 10.1. The maximum Gasteiger partial charge on any atom is 0.338 e. The van der Waals surface area contributed by atoms with Crippen molar-refractivity contribution in [1.82, 2.24) is 19.1 Å². The van der Waals surface area contributed by atoms with Gasteiger partial charge in [-0.1, -0.05) is 98.8 Å². The summed E-state index contributed by atoms with van der Waals surface area (Å²) in [5.74, 6) is -0.724. The second-order valence-corrected chi connectivity index (χ2v) is 13.1. The summed E-state index contributed by atoms with van der Waals surface area (Å²) >= 11 is 3.94. The van der Waals surface area contributed by atoms with E-state index in [0.29, 0.717) is 4.43 Å². The predicted molar refractivity (Wildman–Crippen MR) is 200 cm³/mol. The van der Waals surface area contributed by atoms with E-state index in [1.807, 2.05) is 75.5 Å². The first-order valence-electron chi connectivity index (χ1n) is 15.6. The molecule has 2 fully saturated rings. The van der Waals surface area contributed by atoms with Crippen molar-refractivity contribution >= 4 is 51.2 Å². The molecule has 21 heteroatoms. The summed E-state index contributed by atoms with van der Waals surface area (Å²) in [6.45, 7) is 0.0304. The van der Waals surface area contributed by atoms with E-state index in [4.69, 9.17) is 24.0 Å². The number of aliphatic hydroxyl groups excluding tert-OH is 2. The maximum atomic E-state index is 13.0. The summed E-state index contributed by atoms with van der Waals surface area (Å²) in [4.78, 5) is 77.8. The van der Waals surface area contributed by atoms with Gasteiger partial charge in [-0.15, -0.1) is 0 Å². The number of carbonyl (C=O) groups is 1. The standard InChI is InChI=1S/C23H20IN5O7.C9H11IN2O5/c24-14-23(27-28-25)19(34-21(31)16-9-5-2-6-10-16)18(36-33-13-15-7-3-1-4-8-15)20(35-23)29-12-11-17(30)26-22(29)32;10-3-4-6(14)7(15)8(17-4)12-2-1-5(13)11-9(12)16/h1-12,18-20H,13-14H2,(H,26,30,32);1-2,4,6-8,14-15H,3H2,(H,11,13,16)/t18-,19+,20-,23-;4-,6-,7-,8-/m11/s1. The summed E-state index contributed by atoms with van der Waals surface area (Å²) in [6.07, 6.45) is -5.17. The van der Waals surface area contributed by atoms with Gasteiger partial charge < -0.3 is 24.4 Å². The quantitative estimate of drug-likeness (QED) is 0.0246. The number of aromatic nitrogens is 4. The average molecular weight is 959 g/mol. The van der Waals surface area contributed by atoms with E-state index < -0.39 is 77.2 Å². The van der Waals surface area contributed by atoms with E-state index in [-0.39, 0.29) is 16.6 Å². The average Bonchev–Trinajstić information content (AvgIpc) is 3.61. The fraction of sp³-hybridized carbons (Fsp3) is 0.344. The molecule has 0 saturated carbocycles. The third-order valence-corrected chi connectivity index (χ3v) is 9.95. The van der Waals surface area contributed by atoms with Crippen LogP contribution in [-0.4, -0.2) is 80.4 Å². The molecule has 2 aliphatic heterocycles. The van der Waals surface area contributed by atoms with Crippen LogP contribution >= 0.6 is 45.2 Å². The molecule has 2 saturated heterocycles. The van der Waals surface area contributed by atoms with E-state index in [1.165, 1.54) is 12.4 Å². The van der Waals surface area contributed by atoms with Crippen molar-refractivity contribution in [1.29, 1.82) is 0 Å². The van der Waals surface area contributed by atoms with Crippen molar-refractivity contribution in [2.75, 3.05) is 8.86 Å². The highest BCUT2D eigenvalue weighted by Gasteiger charge is 2.59. The molecule has 0 unspecified atom stereocenters. The molecule has 0 amide bonds. The van der Waals surface area contributed by atoms with Crippen LogP contribution in [0.15, 0.2) is 109 Å². The third-order valence-electron chi connectivity index (χ3n) is 7.99. The molecule has 4 heterocycles. The summed E-state index contributed by atoms with van der Waals surface area (Å²) in [6, 6.07) is 19.6. The molecule has 2 aromatic carbocycles. The zero-order chi connectivity index (χ0) is 38.1. The molecule has 0 spiro atoms. The second-order valence-electron chi connectivity index (χ2n) is 11.4. The van der Waals surface area contributed by atoms with Gasteiger partial charge in [0.25, 0.3) is 11.1 Å². The number of benzene rings is 2. The maximum absolute atomic E-state index is 13.0. The Hall–Kier alpha value is -4.20. The Kier molecular flexibility index (Phi) is 13.8. The number of hydrogen-bond donors (Lipinski definition) is 4. The number of azide groups is 1. The molecule has 0 aliphatic carbocycles. The van der Waals surface area contributed by atoms with Crippen molar-refractivity contribution in [2.45, 2.75) is 55.3 Å². The van der Waals surface area contributed by atoms with Gasteiger partial charge >= 0.3 is 17.3 Å². The summed E-state index contributed by atoms with van der Waals surface area (Å²) < 4.78 is 19.8. The molecule has 2 aromatic heterocycles. The summed E-state index contributed by atoms with van der Waals surface area (Å²) in [7, 11) is 0. The minimum Gasteiger partial charge on any atom is -0.452 e. The van der Waals surface area contributed by atoms with Crippen LogP contribution in [0, 0.1) is 0 Å². The molecule has 0 bridgehead atoms. The smallest absolute Gasteiger partial charge is 0.338 e. The molecule has 0 radical (unpaired) electrons. The fourth-order valence-corrected chi connectivity index (χ4v) is 6.86. The molecule has 19 nitrogen and oxygen atoms in total. The Labute approximate surface area is 325 Å². The number of aromatic amines is 2. The number of nitrogens with zero attached hydrogens (tertiary/aromatic N) is 5. The van der Waals surface area contributed by atoms with Crippen molar-refractivity contribution in [3.8, 4) is 0 Å². The highest BCUT2D eigenvalue weighted by Crippen LogP contribution is 2.43. The predicted octanol–water partition coefficient (Wildman–Crippen LogP) is 1.84. The van der Waals surface area contributed by atoms with Crippen molar-refractivity contribution < 1.29 is 39.0 Å². The summed E-state index contributed by atoms with van der Waals surface area (Å²) in [5, 5.41) is 23.2. The second kappa shape index (κ2) is 18.2. The number of nitrogens with one attached hydrogen (secondary N) is 2. The summed E-state index contributed by atoms with van der Waals surface area (Å²) in [5.41, 5.74) is 5.97. The molecule has 6 rings (SSSR count). The first-order valence-corrected chi connectivity index (χ1v) is 18.7. The van der Waals surface area contributed by atoms with Crippen LogP contribution in [0.2, 0.25) is 0 Å². The van der Waals surface area contributed by atoms with Crippen molar-refractivity contribution in [3.63, 3.8) is 0 Å². The van der Waals surface area contributed by atoms with E-state index in [1.54, 1.807) is 30.3 Å². The van der Waals surface area contributed by atoms with Gasteiger partial charge in [-0.05, 0) is 23.2 Å². The minimum atomic E-state index is -1.75. The van der Waals surface area contributed by atoms with Crippen molar-refractivity contribution in [2.24, 2.45) is 5.11 Å². The first-order chi connectivity index (χ1) is 25.5. The zero-order valence-electron chi connectivity index (χ0n) is 27.2. The van der Waals surface area contributed by atoms with E-state index in [9.17, 15) is 39.7 Å². The van der Waals surface area contributed by atoms with Crippen LogP contribution in [0.3, 0.4) is 0 Å². The Morgan fingerprint density at radius 2 is 1.47 bits per heavy atom. The number of carbonyl (C=O) groups excluding carboxylic acids is 1. The van der Waals surface area contributed by atoms with Crippen molar-refractivity contribution in [3.05, 3.63) is 148 Å². The normalized spacial score (nSPS) is 26.2. The number of aliphatic hydroxyl groups is 2. The van der Waals surface area contributed by atoms with Crippen LogP contribution in [0.25, 0.3) is 10.4 Å². The Morgan fingerprint density at radius 1 is 0.887 bits per heavy atom. The van der Waals surface area contributed by atoms with Crippen LogP contribution in [0.5, 0.6) is 0 Å². The lowest BCUT2D eigenvalue weighted by Crippen LogP contribution is -2.47. The molecule has 4 aromatic rings. The highest BCUT2D eigenvalue weighted by molar-refractivity contribution is 14.1. The van der Waals surface area contributed by atoms with Gasteiger partial charge in [0.05, 0.1) is 11.7 Å². The molecular weight excluding hydrogens is 928 g/mol. The molecule has 8 atom stereocenters. The van der Waals surface area contributed by atoms with Gasteiger partial charge in [-0.3, -0.25) is 28.7 Å². The molecule has 4 N–H and O–H groups in total. The minimum absolute atomic E-state index is 0.0304. The lowest BCUT2D eigenvalue weighted by Gasteiger charge is -2.28. The van der Waals surface area contributed by atoms with E-state index in [0.717, 1.165) is 26.8 Å². The molecule has 2 aliphatic rings. The molecular formula is C32H31I2N7O12. The van der Waals surface area contributed by atoms with Gasteiger partial charge in [-0.25, -0.2) is 24.2 Å². The van der Waals surface area contributed by atoms with Crippen LogP contribution < -0.4 is 22.5 Å². The number of esters is 1. The van der Waals surface area contributed by atoms with Crippen LogP contribution in [-0.2, 0) is 30.6 Å². The van der Waals surface area contributed by atoms with Gasteiger partial charge in [-0.2, -0.15) is 0 Å². The largest absolute Gasteiger partial charge is 0.452 e. The Morgan fingerprint density at radius 3 is 2.00 bits per heavy atom. The number of rotatable bonds is 11. The third kappa shape index (κ3) is 9.31. The topological polar surface area (TPSA) is 262 Å². The van der Waals surface area contributed by atoms with E-state index in [2.05, 4.69) is 20.0 Å². The van der Waals surface area contributed by atoms with Gasteiger partial charge in [0.15, 0.2) is 30.4 Å². The number of H-pyrrole nitrogens is 2. The Bertz CT molecular complexity index is 2140. The molecule has 280 valence electrons. The van der Waals surface area contributed by atoms with Gasteiger partial charge in [0, 0.05) is 38.3 Å². The fourth-order valence-electron chi connectivity index (χ4n) is 5.37. The Balaban J connectivity index is 0.000000265. The van der Waals surface area contributed by atoms with E-state index >= 15 is 0 Å². The van der Waals surface area contributed by atoms with Crippen LogP contribution in [0.4, 0.5) is 0 Å². The highest BCUT2D eigenvalue weighted by atomic mass is 127. The number of alkyl halides is 2. The first kappa shape index (κ1) is 40.0. The van der Waals surface area contributed by atoms with Gasteiger partial charge in [0.2, 0.25) is 0 Å². The molecule has 53 heavy (non-hydrogen) atoms. The lowest BCUT2D eigenvalue weighted by molar-refractivity contribution is -0.352. The SMILES string of the molecule is O=c1ccn([C@@H]2O[C@H](CI)[C@@H](O)[C@H]2O)c(=O)[nH]1.[N-]=[N+]=N[C@]1(CI)O[C@@H](n2ccc(=O)[nH]c2=O)[C@H](OOCc2ccccc2)[C@@H]1OC(=O)c1ccccc1. The van der Waals surface area contributed by atoms with Gasteiger partial charge in [0.1, 0.15) is 18.8 Å². The number of halogens is 2. The number of ether oxygens (including phenoxy) is 3. The zero-order valence-corrected chi connectivity index (χ0v) is 31.5. The van der Waals surface area contributed by atoms with Crippen LogP contribution in [0.1, 0.15) is 28.4 Å². The monoisotopic (exact) mass is 959 g/mol.